The maximum atomic E-state index is 5.99. The van der Waals surface area contributed by atoms with Crippen LogP contribution in [0, 0.1) is 0 Å². The Morgan fingerprint density at radius 1 is 1.47 bits per heavy atom. The number of hydrogen-bond acceptors (Lipinski definition) is 4. The van der Waals surface area contributed by atoms with Crippen molar-refractivity contribution in [2.24, 2.45) is 5.73 Å². The molecule has 0 aliphatic heterocycles. The first-order valence-electron chi connectivity index (χ1n) is 7.00. The average Bonchev–Trinajstić information content (AvgIpc) is 2.86. The van der Waals surface area contributed by atoms with Crippen molar-refractivity contribution in [1.29, 1.82) is 0 Å². The Bertz CT molecular complexity index is 364. The van der Waals surface area contributed by atoms with E-state index < -0.39 is 0 Å². The van der Waals surface area contributed by atoms with Crippen LogP contribution in [0.4, 0.5) is 0 Å². The van der Waals surface area contributed by atoms with Crippen LogP contribution in [0.15, 0.2) is 12.4 Å². The number of aromatic nitrogens is 2. The van der Waals surface area contributed by atoms with E-state index in [0.29, 0.717) is 18.6 Å². The molecule has 0 bridgehead atoms. The van der Waals surface area contributed by atoms with Crippen LogP contribution in [0.5, 0.6) is 0 Å². The zero-order valence-electron chi connectivity index (χ0n) is 12.8. The van der Waals surface area contributed by atoms with E-state index in [1.54, 1.807) is 0 Å². The molecule has 110 valence electrons. The third-order valence-corrected chi connectivity index (χ3v) is 4.37. The van der Waals surface area contributed by atoms with Crippen LogP contribution in [0.1, 0.15) is 44.8 Å². The summed E-state index contributed by atoms with van der Waals surface area (Å²) in [5.74, 6) is 1.14. The monoisotopic (exact) mass is 284 g/mol. The molecule has 2 N–H and O–H groups in total. The molecular weight excluding hydrogens is 256 g/mol. The number of hydrogen-bond donors (Lipinski definition) is 1. The molecule has 0 spiro atoms. The van der Waals surface area contributed by atoms with Crippen molar-refractivity contribution in [3.63, 3.8) is 0 Å². The summed E-state index contributed by atoms with van der Waals surface area (Å²) in [5, 5.41) is 4.43. The lowest BCUT2D eigenvalue weighted by molar-refractivity contribution is 0.188. The number of nitrogens with zero attached hydrogens (tertiary/aromatic N) is 3. The highest BCUT2D eigenvalue weighted by molar-refractivity contribution is 7.98. The summed E-state index contributed by atoms with van der Waals surface area (Å²) in [6.45, 7) is 7.15. The average molecular weight is 284 g/mol. The molecule has 0 amide bonds. The van der Waals surface area contributed by atoms with Crippen molar-refractivity contribution < 1.29 is 0 Å². The van der Waals surface area contributed by atoms with E-state index in [1.807, 2.05) is 22.6 Å². The second-order valence-corrected chi connectivity index (χ2v) is 6.19. The molecule has 0 saturated carbocycles. The second-order valence-electron chi connectivity index (χ2n) is 5.28. The van der Waals surface area contributed by atoms with Gasteiger partial charge in [-0.15, -0.1) is 0 Å². The third-order valence-electron chi connectivity index (χ3n) is 3.66. The summed E-state index contributed by atoms with van der Waals surface area (Å²) >= 11 is 1.89. The highest BCUT2D eigenvalue weighted by atomic mass is 32.2. The van der Waals surface area contributed by atoms with Gasteiger partial charge in [0.05, 0.1) is 12.2 Å². The molecule has 0 fully saturated rings. The first-order valence-corrected chi connectivity index (χ1v) is 8.39. The molecule has 2 unspecified atom stereocenters. The fourth-order valence-corrected chi connectivity index (χ4v) is 3.17. The Morgan fingerprint density at radius 3 is 2.58 bits per heavy atom. The first-order chi connectivity index (χ1) is 9.04. The van der Waals surface area contributed by atoms with Crippen LogP contribution in [0.25, 0.3) is 0 Å². The Balaban J connectivity index is 2.85. The van der Waals surface area contributed by atoms with Crippen molar-refractivity contribution in [3.05, 3.63) is 18.0 Å². The summed E-state index contributed by atoms with van der Waals surface area (Å²) in [7, 11) is 2.18. The summed E-state index contributed by atoms with van der Waals surface area (Å²) in [5.41, 5.74) is 7.21. The van der Waals surface area contributed by atoms with Crippen LogP contribution in [0.3, 0.4) is 0 Å². The number of likely N-dealkylation sites (N-methyl/N-ethyl adjacent to an activating group) is 1. The largest absolute Gasteiger partial charge is 0.329 e. The van der Waals surface area contributed by atoms with Gasteiger partial charge in [-0.25, -0.2) is 0 Å². The van der Waals surface area contributed by atoms with Gasteiger partial charge in [0.2, 0.25) is 0 Å². The fourth-order valence-electron chi connectivity index (χ4n) is 2.31. The van der Waals surface area contributed by atoms with Gasteiger partial charge in [-0.2, -0.15) is 16.9 Å². The van der Waals surface area contributed by atoms with Gasteiger partial charge >= 0.3 is 0 Å². The quantitative estimate of drug-likeness (QED) is 0.797. The minimum atomic E-state index is 0.254. The Kier molecular flexibility index (Phi) is 6.89. The van der Waals surface area contributed by atoms with Gasteiger partial charge in [-0.1, -0.05) is 6.92 Å². The van der Waals surface area contributed by atoms with E-state index in [9.17, 15) is 0 Å². The van der Waals surface area contributed by atoms with Crippen molar-refractivity contribution in [3.8, 4) is 0 Å². The van der Waals surface area contributed by atoms with Crippen LogP contribution in [0.2, 0.25) is 0 Å². The molecule has 1 heterocycles. The van der Waals surface area contributed by atoms with Gasteiger partial charge in [-0.3, -0.25) is 9.58 Å². The smallest absolute Gasteiger partial charge is 0.0538 e. The van der Waals surface area contributed by atoms with Gasteiger partial charge in [0.25, 0.3) is 0 Å². The topological polar surface area (TPSA) is 47.1 Å². The van der Waals surface area contributed by atoms with E-state index >= 15 is 0 Å². The maximum absolute atomic E-state index is 5.99. The molecule has 0 aromatic carbocycles. The predicted molar refractivity (Wildman–Crippen MR) is 84.6 cm³/mol. The number of rotatable bonds is 8. The van der Waals surface area contributed by atoms with Crippen LogP contribution >= 0.6 is 11.8 Å². The number of nitrogens with two attached hydrogens (primary N) is 1. The molecule has 1 aromatic heterocycles. The molecule has 19 heavy (non-hydrogen) atoms. The van der Waals surface area contributed by atoms with E-state index in [1.165, 1.54) is 5.56 Å². The first kappa shape index (κ1) is 16.5. The molecule has 4 nitrogen and oxygen atoms in total. The standard InChI is InChI=1S/C14H28N4S/c1-6-13(10-19-5)17(4)14(7-15)12-8-16-18(9-12)11(2)3/h8-9,11,13-14H,6-7,10,15H2,1-5H3. The normalized spacial score (nSPS) is 15.2. The van der Waals surface area contributed by atoms with Crippen LogP contribution in [-0.2, 0) is 0 Å². The minimum Gasteiger partial charge on any atom is -0.329 e. The van der Waals surface area contributed by atoms with Crippen molar-refractivity contribution in [2.45, 2.75) is 45.3 Å². The second kappa shape index (κ2) is 7.92. The van der Waals surface area contributed by atoms with E-state index in [0.717, 1.165) is 12.2 Å². The molecule has 0 saturated heterocycles. The third kappa shape index (κ3) is 4.23. The molecule has 5 heteroatoms. The zero-order chi connectivity index (χ0) is 14.4. The maximum Gasteiger partial charge on any atom is 0.0538 e. The van der Waals surface area contributed by atoms with E-state index in [-0.39, 0.29) is 6.04 Å². The van der Waals surface area contributed by atoms with Gasteiger partial charge in [0, 0.05) is 36.1 Å². The molecule has 1 rings (SSSR count). The molecule has 1 aromatic rings. The summed E-state index contributed by atoms with van der Waals surface area (Å²) in [4.78, 5) is 2.40. The molecule has 2 atom stereocenters. The fraction of sp³-hybridized carbons (Fsp3) is 0.786. The van der Waals surface area contributed by atoms with Crippen LogP contribution < -0.4 is 5.73 Å². The zero-order valence-corrected chi connectivity index (χ0v) is 13.7. The van der Waals surface area contributed by atoms with Crippen molar-refractivity contribution >= 4 is 11.8 Å². The van der Waals surface area contributed by atoms with E-state index in [2.05, 4.69) is 50.3 Å². The van der Waals surface area contributed by atoms with E-state index in [4.69, 9.17) is 5.73 Å². The molecular formula is C14H28N4S. The highest BCUT2D eigenvalue weighted by Crippen LogP contribution is 2.23. The number of thioether (sulfide) groups is 1. The summed E-state index contributed by atoms with van der Waals surface area (Å²) < 4.78 is 2.00. The lowest BCUT2D eigenvalue weighted by atomic mass is 10.1. The van der Waals surface area contributed by atoms with Gasteiger partial charge in [-0.05, 0) is 33.6 Å². The van der Waals surface area contributed by atoms with Crippen LogP contribution in [-0.4, -0.2) is 46.3 Å². The Hall–Kier alpha value is -0.520. The van der Waals surface area contributed by atoms with Gasteiger partial charge < -0.3 is 5.73 Å². The molecule has 0 aliphatic rings. The Morgan fingerprint density at radius 2 is 2.16 bits per heavy atom. The SMILES string of the molecule is CCC(CSC)N(C)C(CN)c1cnn(C(C)C)c1. The highest BCUT2D eigenvalue weighted by Gasteiger charge is 2.23. The van der Waals surface area contributed by atoms with Gasteiger partial charge in [0.15, 0.2) is 0 Å². The minimum absolute atomic E-state index is 0.254. The van der Waals surface area contributed by atoms with Gasteiger partial charge in [0.1, 0.15) is 0 Å². The lowest BCUT2D eigenvalue weighted by Crippen LogP contribution is -2.39. The Labute approximate surface area is 121 Å². The summed E-state index contributed by atoms with van der Waals surface area (Å²) in [6.07, 6.45) is 7.39. The molecule has 0 aliphatic carbocycles. The summed E-state index contributed by atoms with van der Waals surface area (Å²) in [6, 6.07) is 1.21. The molecule has 0 radical (unpaired) electrons. The van der Waals surface area contributed by atoms with Crippen molar-refractivity contribution in [2.75, 3.05) is 25.6 Å². The lowest BCUT2D eigenvalue weighted by Gasteiger charge is -2.33. The van der Waals surface area contributed by atoms with Crippen molar-refractivity contribution in [1.82, 2.24) is 14.7 Å². The predicted octanol–water partition coefficient (Wildman–Crippen LogP) is 2.54.